The second-order valence-electron chi connectivity index (χ2n) is 6.99. The van der Waals surface area contributed by atoms with Gasteiger partial charge in [0.1, 0.15) is 18.2 Å². The maximum atomic E-state index is 5.98. The van der Waals surface area contributed by atoms with E-state index in [1.54, 1.807) is 0 Å². The van der Waals surface area contributed by atoms with Gasteiger partial charge in [0, 0.05) is 5.92 Å². The molecule has 132 valence electrons. The number of aromatic nitrogens is 2. The predicted molar refractivity (Wildman–Crippen MR) is 104 cm³/mol. The van der Waals surface area contributed by atoms with E-state index in [0.29, 0.717) is 18.4 Å². The first-order chi connectivity index (χ1) is 12.1. The van der Waals surface area contributed by atoms with Gasteiger partial charge < -0.3 is 9.30 Å². The lowest BCUT2D eigenvalue weighted by Crippen LogP contribution is -2.12. The lowest BCUT2D eigenvalue weighted by molar-refractivity contribution is 0.297. The monoisotopic (exact) mass is 336 g/mol. The molecule has 0 saturated carbocycles. The summed E-state index contributed by atoms with van der Waals surface area (Å²) in [5.41, 5.74) is 3.61. The van der Waals surface area contributed by atoms with E-state index in [2.05, 4.69) is 74.7 Å². The minimum atomic E-state index is 0.391. The highest BCUT2D eigenvalue weighted by atomic mass is 16.5. The smallest absolute Gasteiger partial charge is 0.119 e. The second-order valence-corrected chi connectivity index (χ2v) is 6.99. The van der Waals surface area contributed by atoms with Crippen LogP contribution in [0.4, 0.5) is 0 Å². The van der Waals surface area contributed by atoms with Gasteiger partial charge in [0.15, 0.2) is 0 Å². The van der Waals surface area contributed by atoms with Crippen molar-refractivity contribution in [3.8, 4) is 5.75 Å². The van der Waals surface area contributed by atoms with Crippen LogP contribution in [-0.4, -0.2) is 16.2 Å². The molecule has 0 amide bonds. The molecule has 1 aromatic heterocycles. The number of nitrogens with zero attached hydrogens (tertiary/aromatic N) is 2. The van der Waals surface area contributed by atoms with Crippen LogP contribution >= 0.6 is 0 Å². The van der Waals surface area contributed by atoms with Crippen LogP contribution in [-0.2, 0) is 6.54 Å². The Bertz CT molecular complexity index is 818. The van der Waals surface area contributed by atoms with Gasteiger partial charge >= 0.3 is 0 Å². The summed E-state index contributed by atoms with van der Waals surface area (Å²) in [6.45, 7) is 10.3. The topological polar surface area (TPSA) is 27.1 Å². The number of hydrogen-bond donors (Lipinski definition) is 0. The Morgan fingerprint density at radius 2 is 1.72 bits per heavy atom. The number of imidazole rings is 1. The van der Waals surface area contributed by atoms with Gasteiger partial charge in [-0.2, -0.15) is 0 Å². The number of para-hydroxylation sites is 2. The molecule has 0 fully saturated rings. The van der Waals surface area contributed by atoms with E-state index in [1.807, 2.05) is 6.07 Å². The van der Waals surface area contributed by atoms with E-state index < -0.39 is 0 Å². The zero-order chi connectivity index (χ0) is 17.8. The molecule has 3 aromatic rings. The molecule has 3 nitrogen and oxygen atoms in total. The lowest BCUT2D eigenvalue weighted by atomic mass is 9.99. The summed E-state index contributed by atoms with van der Waals surface area (Å²) >= 11 is 0. The fraction of sp³-hybridized carbons (Fsp3) is 0.409. The number of ether oxygens (including phenoxy) is 1. The van der Waals surface area contributed by atoms with Crippen LogP contribution in [0.25, 0.3) is 11.0 Å². The van der Waals surface area contributed by atoms with Crippen molar-refractivity contribution in [2.24, 2.45) is 0 Å². The third-order valence-corrected chi connectivity index (χ3v) is 4.85. The Kier molecular flexibility index (Phi) is 5.42. The zero-order valence-corrected chi connectivity index (χ0v) is 15.7. The van der Waals surface area contributed by atoms with E-state index in [9.17, 15) is 0 Å². The summed E-state index contributed by atoms with van der Waals surface area (Å²) in [5, 5.41) is 0. The molecule has 0 spiro atoms. The Balaban J connectivity index is 1.70. The Hall–Kier alpha value is -2.29. The molecule has 25 heavy (non-hydrogen) atoms. The summed E-state index contributed by atoms with van der Waals surface area (Å²) in [7, 11) is 0. The van der Waals surface area contributed by atoms with Crippen LogP contribution in [0.1, 0.15) is 57.3 Å². The number of fused-ring (bicyclic) bond motifs is 1. The van der Waals surface area contributed by atoms with Crippen molar-refractivity contribution in [1.29, 1.82) is 0 Å². The first-order valence-electron chi connectivity index (χ1n) is 9.28. The van der Waals surface area contributed by atoms with Gasteiger partial charge in [0.25, 0.3) is 0 Å². The first kappa shape index (κ1) is 17.5. The zero-order valence-electron chi connectivity index (χ0n) is 15.7. The lowest BCUT2D eigenvalue weighted by Gasteiger charge is -2.13. The molecule has 2 aromatic carbocycles. The SMILES string of the molecule is CCC(C)c1ccc(OCCn2c(C(C)C)nc3ccccc32)cc1. The summed E-state index contributed by atoms with van der Waals surface area (Å²) in [5.74, 6) is 3.04. The molecule has 0 bridgehead atoms. The van der Waals surface area contributed by atoms with E-state index in [0.717, 1.165) is 30.1 Å². The maximum Gasteiger partial charge on any atom is 0.119 e. The molecular formula is C22H28N2O. The van der Waals surface area contributed by atoms with Crippen LogP contribution in [0.3, 0.4) is 0 Å². The molecule has 0 radical (unpaired) electrons. The van der Waals surface area contributed by atoms with Gasteiger partial charge in [-0.05, 0) is 42.2 Å². The third kappa shape index (κ3) is 3.87. The van der Waals surface area contributed by atoms with Crippen molar-refractivity contribution in [3.05, 3.63) is 59.9 Å². The largest absolute Gasteiger partial charge is 0.492 e. The van der Waals surface area contributed by atoms with Crippen molar-refractivity contribution in [3.63, 3.8) is 0 Å². The summed E-state index contributed by atoms with van der Waals surface area (Å²) < 4.78 is 8.27. The molecule has 1 heterocycles. The summed E-state index contributed by atoms with van der Waals surface area (Å²) in [6.07, 6.45) is 1.16. The fourth-order valence-corrected chi connectivity index (χ4v) is 3.15. The quantitative estimate of drug-likeness (QED) is 0.549. The highest BCUT2D eigenvalue weighted by molar-refractivity contribution is 5.76. The maximum absolute atomic E-state index is 5.98. The van der Waals surface area contributed by atoms with Gasteiger partial charge in [0.2, 0.25) is 0 Å². The Labute approximate surface area is 150 Å². The molecule has 3 heteroatoms. The molecule has 0 aliphatic carbocycles. The van der Waals surface area contributed by atoms with Crippen molar-refractivity contribution < 1.29 is 4.74 Å². The van der Waals surface area contributed by atoms with Crippen molar-refractivity contribution in [2.45, 2.75) is 52.5 Å². The number of rotatable bonds is 7. The second kappa shape index (κ2) is 7.73. The number of benzene rings is 2. The van der Waals surface area contributed by atoms with Crippen LogP contribution < -0.4 is 4.74 Å². The summed E-state index contributed by atoms with van der Waals surface area (Å²) in [4.78, 5) is 4.79. The molecule has 0 aliphatic rings. The van der Waals surface area contributed by atoms with Gasteiger partial charge in [-0.1, -0.05) is 52.0 Å². The van der Waals surface area contributed by atoms with Crippen LogP contribution in [0.15, 0.2) is 48.5 Å². The van der Waals surface area contributed by atoms with Gasteiger partial charge in [-0.15, -0.1) is 0 Å². The van der Waals surface area contributed by atoms with Crippen LogP contribution in [0.5, 0.6) is 5.75 Å². The van der Waals surface area contributed by atoms with Crippen molar-refractivity contribution in [2.75, 3.05) is 6.61 Å². The predicted octanol–water partition coefficient (Wildman–Crippen LogP) is 5.75. The normalized spacial score (nSPS) is 12.7. The molecule has 3 rings (SSSR count). The van der Waals surface area contributed by atoms with Gasteiger partial charge in [-0.3, -0.25) is 0 Å². The van der Waals surface area contributed by atoms with Crippen LogP contribution in [0, 0.1) is 0 Å². The molecule has 1 unspecified atom stereocenters. The van der Waals surface area contributed by atoms with Crippen molar-refractivity contribution in [1.82, 2.24) is 9.55 Å². The highest BCUT2D eigenvalue weighted by Gasteiger charge is 2.13. The Morgan fingerprint density at radius 3 is 2.40 bits per heavy atom. The van der Waals surface area contributed by atoms with Crippen molar-refractivity contribution >= 4 is 11.0 Å². The van der Waals surface area contributed by atoms with Gasteiger partial charge in [-0.25, -0.2) is 4.98 Å². The standard InChI is InChI=1S/C22H28N2O/c1-5-17(4)18-10-12-19(13-11-18)25-15-14-24-21-9-7-6-8-20(21)23-22(24)16(2)3/h6-13,16-17H,5,14-15H2,1-4H3. The molecular weight excluding hydrogens is 308 g/mol. The molecule has 0 saturated heterocycles. The first-order valence-corrected chi connectivity index (χ1v) is 9.28. The van der Waals surface area contributed by atoms with E-state index in [-0.39, 0.29) is 0 Å². The number of hydrogen-bond acceptors (Lipinski definition) is 2. The Morgan fingerprint density at radius 1 is 1.00 bits per heavy atom. The summed E-state index contributed by atoms with van der Waals surface area (Å²) in [6, 6.07) is 16.8. The van der Waals surface area contributed by atoms with E-state index in [1.165, 1.54) is 11.1 Å². The minimum Gasteiger partial charge on any atom is -0.492 e. The van der Waals surface area contributed by atoms with Crippen LogP contribution in [0.2, 0.25) is 0 Å². The van der Waals surface area contributed by atoms with Gasteiger partial charge in [0.05, 0.1) is 17.6 Å². The van der Waals surface area contributed by atoms with E-state index in [4.69, 9.17) is 9.72 Å². The minimum absolute atomic E-state index is 0.391. The molecule has 0 N–H and O–H groups in total. The average Bonchev–Trinajstić information content (AvgIpc) is 3.01. The fourth-order valence-electron chi connectivity index (χ4n) is 3.15. The van der Waals surface area contributed by atoms with E-state index >= 15 is 0 Å². The average molecular weight is 336 g/mol. The third-order valence-electron chi connectivity index (χ3n) is 4.85. The molecule has 1 atom stereocenters. The molecule has 0 aliphatic heterocycles. The highest BCUT2D eigenvalue weighted by Crippen LogP contribution is 2.23.